The van der Waals surface area contributed by atoms with Crippen molar-refractivity contribution in [3.8, 4) is 0 Å². The van der Waals surface area contributed by atoms with Crippen LogP contribution in [0.25, 0.3) is 0 Å². The highest BCUT2D eigenvalue weighted by Gasteiger charge is 2.04. The first-order chi connectivity index (χ1) is 8.22. The average molecular weight is 234 g/mol. The molecule has 0 aliphatic heterocycles. The maximum atomic E-state index is 3.48. The molecule has 1 N–H and O–H groups in total. The van der Waals surface area contributed by atoms with Gasteiger partial charge in [-0.1, -0.05) is 51.1 Å². The zero-order chi connectivity index (χ0) is 12.5. The molecule has 0 radical (unpaired) electrons. The van der Waals surface area contributed by atoms with Gasteiger partial charge in [0, 0.05) is 25.7 Å². The van der Waals surface area contributed by atoms with E-state index in [1.807, 2.05) is 0 Å². The molecule has 2 heteroatoms. The Morgan fingerprint density at radius 2 is 1.82 bits per heavy atom. The van der Waals surface area contributed by atoms with Gasteiger partial charge in [0.15, 0.2) is 0 Å². The molecule has 1 rings (SSSR count). The number of rotatable bonds is 8. The van der Waals surface area contributed by atoms with Gasteiger partial charge >= 0.3 is 0 Å². The minimum Gasteiger partial charge on any atom is -0.313 e. The fraction of sp³-hybridized carbons (Fsp3) is 0.600. The number of hydrogen-bond donors (Lipinski definition) is 1. The van der Waals surface area contributed by atoms with Crippen LogP contribution < -0.4 is 5.32 Å². The minimum absolute atomic E-state index is 0.579. The summed E-state index contributed by atoms with van der Waals surface area (Å²) in [6, 6.07) is 11.3. The molecule has 0 saturated heterocycles. The smallest absolute Gasteiger partial charge is 0.0234 e. The molecule has 96 valence electrons. The van der Waals surface area contributed by atoms with Crippen LogP contribution in [-0.4, -0.2) is 30.6 Å². The Bertz CT molecular complexity index is 282. The van der Waals surface area contributed by atoms with Crippen LogP contribution in [0.3, 0.4) is 0 Å². The molecule has 0 amide bonds. The molecular weight excluding hydrogens is 208 g/mol. The Hall–Kier alpha value is -0.860. The standard InChI is InChI=1S/C15H26N2/c1-4-11-17(12-10-16-14(2)3)13-15-8-6-5-7-9-15/h5-9,14,16H,4,10-13H2,1-3H3. The average Bonchev–Trinajstić information content (AvgIpc) is 2.30. The summed E-state index contributed by atoms with van der Waals surface area (Å²) in [5.74, 6) is 0. The lowest BCUT2D eigenvalue weighted by Crippen LogP contribution is -2.35. The number of hydrogen-bond acceptors (Lipinski definition) is 2. The summed E-state index contributed by atoms with van der Waals surface area (Å²) < 4.78 is 0. The second-order valence-electron chi connectivity index (χ2n) is 4.87. The van der Waals surface area contributed by atoms with Gasteiger partial charge in [-0.25, -0.2) is 0 Å². The van der Waals surface area contributed by atoms with Crippen molar-refractivity contribution < 1.29 is 0 Å². The summed E-state index contributed by atoms with van der Waals surface area (Å²) >= 11 is 0. The van der Waals surface area contributed by atoms with Gasteiger partial charge in [0.25, 0.3) is 0 Å². The summed E-state index contributed by atoms with van der Waals surface area (Å²) in [5.41, 5.74) is 1.41. The van der Waals surface area contributed by atoms with E-state index in [1.165, 1.54) is 18.5 Å². The molecule has 1 aromatic carbocycles. The van der Waals surface area contributed by atoms with Gasteiger partial charge in [-0.15, -0.1) is 0 Å². The largest absolute Gasteiger partial charge is 0.313 e. The third kappa shape index (κ3) is 6.44. The van der Waals surface area contributed by atoms with Gasteiger partial charge in [-0.2, -0.15) is 0 Å². The van der Waals surface area contributed by atoms with Crippen LogP contribution in [0.1, 0.15) is 32.8 Å². The highest BCUT2D eigenvalue weighted by atomic mass is 15.1. The lowest BCUT2D eigenvalue weighted by atomic mass is 10.2. The molecular formula is C15H26N2. The molecule has 0 bridgehead atoms. The lowest BCUT2D eigenvalue weighted by molar-refractivity contribution is 0.263. The van der Waals surface area contributed by atoms with Gasteiger partial charge in [0.2, 0.25) is 0 Å². The molecule has 0 spiro atoms. The molecule has 0 fully saturated rings. The fourth-order valence-electron chi connectivity index (χ4n) is 1.94. The van der Waals surface area contributed by atoms with Crippen molar-refractivity contribution >= 4 is 0 Å². The molecule has 0 unspecified atom stereocenters. The predicted octanol–water partition coefficient (Wildman–Crippen LogP) is 2.90. The van der Waals surface area contributed by atoms with E-state index in [1.54, 1.807) is 0 Å². The maximum Gasteiger partial charge on any atom is 0.0234 e. The van der Waals surface area contributed by atoms with Crippen molar-refractivity contribution in [3.63, 3.8) is 0 Å². The molecule has 1 aromatic rings. The SMILES string of the molecule is CCCN(CCNC(C)C)Cc1ccccc1. The second-order valence-corrected chi connectivity index (χ2v) is 4.87. The zero-order valence-electron chi connectivity index (χ0n) is 11.4. The quantitative estimate of drug-likeness (QED) is 0.744. The Labute approximate surface area is 106 Å². The third-order valence-corrected chi connectivity index (χ3v) is 2.77. The molecule has 0 heterocycles. The van der Waals surface area contributed by atoms with Crippen LogP contribution in [0.2, 0.25) is 0 Å². The Morgan fingerprint density at radius 3 is 2.41 bits per heavy atom. The van der Waals surface area contributed by atoms with Crippen LogP contribution in [0.4, 0.5) is 0 Å². The monoisotopic (exact) mass is 234 g/mol. The minimum atomic E-state index is 0.579. The van der Waals surface area contributed by atoms with Crippen LogP contribution in [0.15, 0.2) is 30.3 Å². The molecule has 17 heavy (non-hydrogen) atoms. The van der Waals surface area contributed by atoms with Gasteiger partial charge in [0.1, 0.15) is 0 Å². The highest BCUT2D eigenvalue weighted by Crippen LogP contribution is 2.04. The van der Waals surface area contributed by atoms with Crippen molar-refractivity contribution in [2.45, 2.75) is 39.8 Å². The molecule has 0 aromatic heterocycles. The van der Waals surface area contributed by atoms with Crippen LogP contribution in [0.5, 0.6) is 0 Å². The number of nitrogens with zero attached hydrogens (tertiary/aromatic N) is 1. The maximum absolute atomic E-state index is 3.48. The summed E-state index contributed by atoms with van der Waals surface area (Å²) in [5, 5.41) is 3.48. The predicted molar refractivity (Wildman–Crippen MR) is 75.1 cm³/mol. The summed E-state index contributed by atoms with van der Waals surface area (Å²) in [6.45, 7) is 11.1. The van der Waals surface area contributed by atoms with Crippen molar-refractivity contribution in [1.82, 2.24) is 10.2 Å². The number of benzene rings is 1. The van der Waals surface area contributed by atoms with Gasteiger partial charge in [0.05, 0.1) is 0 Å². The topological polar surface area (TPSA) is 15.3 Å². The summed E-state index contributed by atoms with van der Waals surface area (Å²) in [6.07, 6.45) is 1.22. The Balaban J connectivity index is 2.37. The van der Waals surface area contributed by atoms with Crippen molar-refractivity contribution in [2.24, 2.45) is 0 Å². The van der Waals surface area contributed by atoms with E-state index < -0.39 is 0 Å². The van der Waals surface area contributed by atoms with Gasteiger partial charge in [-0.3, -0.25) is 4.90 Å². The fourth-order valence-corrected chi connectivity index (χ4v) is 1.94. The normalized spacial score (nSPS) is 11.4. The molecule has 0 aliphatic rings. The molecule has 2 nitrogen and oxygen atoms in total. The third-order valence-electron chi connectivity index (χ3n) is 2.77. The van der Waals surface area contributed by atoms with Crippen molar-refractivity contribution in [2.75, 3.05) is 19.6 Å². The van der Waals surface area contributed by atoms with Gasteiger partial charge < -0.3 is 5.32 Å². The zero-order valence-corrected chi connectivity index (χ0v) is 11.4. The van der Waals surface area contributed by atoms with E-state index >= 15 is 0 Å². The second kappa shape index (κ2) is 8.26. The van der Waals surface area contributed by atoms with E-state index in [0.717, 1.165) is 19.6 Å². The van der Waals surface area contributed by atoms with Crippen molar-refractivity contribution in [1.29, 1.82) is 0 Å². The summed E-state index contributed by atoms with van der Waals surface area (Å²) in [7, 11) is 0. The molecule has 0 saturated carbocycles. The van der Waals surface area contributed by atoms with E-state index in [9.17, 15) is 0 Å². The van der Waals surface area contributed by atoms with Crippen molar-refractivity contribution in [3.05, 3.63) is 35.9 Å². The van der Waals surface area contributed by atoms with E-state index in [4.69, 9.17) is 0 Å². The Morgan fingerprint density at radius 1 is 1.12 bits per heavy atom. The highest BCUT2D eigenvalue weighted by molar-refractivity contribution is 5.14. The van der Waals surface area contributed by atoms with Crippen LogP contribution >= 0.6 is 0 Å². The van der Waals surface area contributed by atoms with Crippen LogP contribution in [0, 0.1) is 0 Å². The first-order valence-electron chi connectivity index (χ1n) is 6.72. The summed E-state index contributed by atoms with van der Waals surface area (Å²) in [4.78, 5) is 2.52. The van der Waals surface area contributed by atoms with E-state index in [-0.39, 0.29) is 0 Å². The van der Waals surface area contributed by atoms with Gasteiger partial charge in [-0.05, 0) is 18.5 Å². The number of nitrogens with one attached hydrogen (secondary N) is 1. The molecule has 0 aliphatic carbocycles. The first kappa shape index (κ1) is 14.2. The van der Waals surface area contributed by atoms with Crippen LogP contribution in [-0.2, 0) is 6.54 Å². The first-order valence-corrected chi connectivity index (χ1v) is 6.72. The Kier molecular flexibility index (Phi) is 6.90. The lowest BCUT2D eigenvalue weighted by Gasteiger charge is -2.22. The van der Waals surface area contributed by atoms with E-state index in [0.29, 0.717) is 6.04 Å². The van der Waals surface area contributed by atoms with E-state index in [2.05, 4.69) is 61.3 Å². The molecule has 0 atom stereocenters.